The first-order valence-corrected chi connectivity index (χ1v) is 6.83. The van der Waals surface area contributed by atoms with E-state index in [1.807, 2.05) is 0 Å². The number of benzene rings is 1. The summed E-state index contributed by atoms with van der Waals surface area (Å²) in [5.74, 6) is 1.00. The molecule has 0 aromatic heterocycles. The Hall–Kier alpha value is -1.06. The largest absolute Gasteiger partial charge is 0.496 e. The van der Waals surface area contributed by atoms with E-state index in [1.165, 1.54) is 24.1 Å². The number of likely N-dealkylation sites (N-methyl/N-ethyl adjacent to an activating group) is 1. The molecule has 1 fully saturated rings. The van der Waals surface area contributed by atoms with E-state index in [-0.39, 0.29) is 0 Å². The molecule has 2 rings (SSSR count). The summed E-state index contributed by atoms with van der Waals surface area (Å²) in [6.07, 6.45) is 2.28. The summed E-state index contributed by atoms with van der Waals surface area (Å²) in [7, 11) is 3.95. The lowest BCUT2D eigenvalue weighted by Gasteiger charge is -2.23. The maximum absolute atomic E-state index is 5.52. The molecule has 1 N–H and O–H groups in total. The number of rotatable bonds is 3. The van der Waals surface area contributed by atoms with Crippen molar-refractivity contribution in [3.63, 3.8) is 0 Å². The van der Waals surface area contributed by atoms with E-state index < -0.39 is 0 Å². The van der Waals surface area contributed by atoms with E-state index in [4.69, 9.17) is 4.74 Å². The first kappa shape index (κ1) is 13.4. The Bertz CT molecular complexity index is 392. The highest BCUT2D eigenvalue weighted by atomic mass is 16.5. The molecule has 1 atom stereocenters. The van der Waals surface area contributed by atoms with Gasteiger partial charge in [-0.25, -0.2) is 0 Å². The zero-order chi connectivity index (χ0) is 13.0. The van der Waals surface area contributed by atoms with Crippen molar-refractivity contribution >= 4 is 0 Å². The maximum atomic E-state index is 5.52. The first-order chi connectivity index (χ1) is 8.74. The fourth-order valence-electron chi connectivity index (χ4n) is 2.58. The topological polar surface area (TPSA) is 24.5 Å². The smallest absolute Gasteiger partial charge is 0.123 e. The molecule has 0 bridgehead atoms. The summed E-state index contributed by atoms with van der Waals surface area (Å²) in [6.45, 7) is 5.48. The number of ether oxygens (including phenoxy) is 1. The zero-order valence-corrected chi connectivity index (χ0v) is 11.7. The van der Waals surface area contributed by atoms with Crippen molar-refractivity contribution in [2.75, 3.05) is 33.8 Å². The second-order valence-electron chi connectivity index (χ2n) is 5.05. The van der Waals surface area contributed by atoms with Gasteiger partial charge in [0, 0.05) is 18.2 Å². The van der Waals surface area contributed by atoms with Crippen molar-refractivity contribution in [3.8, 4) is 5.75 Å². The first-order valence-electron chi connectivity index (χ1n) is 6.83. The van der Waals surface area contributed by atoms with E-state index in [9.17, 15) is 0 Å². The molecular formula is C15H24N2O. The molecule has 3 nitrogen and oxygen atoms in total. The van der Waals surface area contributed by atoms with Crippen molar-refractivity contribution in [3.05, 3.63) is 29.3 Å². The molecule has 3 heteroatoms. The van der Waals surface area contributed by atoms with Crippen LogP contribution in [0.15, 0.2) is 18.2 Å². The number of aryl methyl sites for hydroxylation is 1. The maximum Gasteiger partial charge on any atom is 0.123 e. The molecule has 0 spiro atoms. The van der Waals surface area contributed by atoms with Crippen LogP contribution in [0.4, 0.5) is 0 Å². The Morgan fingerprint density at radius 2 is 2.28 bits per heavy atom. The summed E-state index contributed by atoms with van der Waals surface area (Å²) < 4.78 is 5.52. The van der Waals surface area contributed by atoms with Gasteiger partial charge in [-0.1, -0.05) is 19.1 Å². The van der Waals surface area contributed by atoms with Crippen LogP contribution in [-0.2, 0) is 6.42 Å². The van der Waals surface area contributed by atoms with E-state index in [2.05, 4.69) is 42.4 Å². The summed E-state index contributed by atoms with van der Waals surface area (Å²) in [5, 5.41) is 3.63. The van der Waals surface area contributed by atoms with E-state index in [0.717, 1.165) is 25.3 Å². The Labute approximate surface area is 110 Å². The summed E-state index contributed by atoms with van der Waals surface area (Å²) in [6, 6.07) is 6.91. The van der Waals surface area contributed by atoms with Crippen LogP contribution in [0.3, 0.4) is 0 Å². The van der Waals surface area contributed by atoms with Crippen molar-refractivity contribution in [2.24, 2.45) is 0 Å². The van der Waals surface area contributed by atoms with Gasteiger partial charge in [-0.2, -0.15) is 0 Å². The molecular weight excluding hydrogens is 224 g/mol. The third-order valence-electron chi connectivity index (χ3n) is 3.68. The molecule has 1 unspecified atom stereocenters. The van der Waals surface area contributed by atoms with E-state index >= 15 is 0 Å². The third kappa shape index (κ3) is 3.03. The standard InChI is InChI=1S/C15H24N2O/c1-4-12-6-7-15(18-3)13(10-12)14-11-17(2)9-5-8-16-14/h6-7,10,14,16H,4-5,8-9,11H2,1-3H3. The van der Waals surface area contributed by atoms with Crippen LogP contribution in [0, 0.1) is 0 Å². The van der Waals surface area contributed by atoms with E-state index in [1.54, 1.807) is 7.11 Å². The predicted octanol–water partition coefficient (Wildman–Crippen LogP) is 2.22. The third-order valence-corrected chi connectivity index (χ3v) is 3.68. The molecule has 18 heavy (non-hydrogen) atoms. The van der Waals surface area contributed by atoms with Crippen LogP contribution in [0.1, 0.15) is 30.5 Å². The lowest BCUT2D eigenvalue weighted by Crippen LogP contribution is -2.29. The average Bonchev–Trinajstić information content (AvgIpc) is 2.62. The number of nitrogens with one attached hydrogen (secondary N) is 1. The quantitative estimate of drug-likeness (QED) is 0.887. The SMILES string of the molecule is CCc1ccc(OC)c(C2CN(C)CCCN2)c1. The van der Waals surface area contributed by atoms with Crippen LogP contribution >= 0.6 is 0 Å². The van der Waals surface area contributed by atoms with Gasteiger partial charge >= 0.3 is 0 Å². The number of methoxy groups -OCH3 is 1. The van der Waals surface area contributed by atoms with Gasteiger partial charge in [-0.15, -0.1) is 0 Å². The van der Waals surface area contributed by atoms with Crippen LogP contribution in [0.25, 0.3) is 0 Å². The second-order valence-corrected chi connectivity index (χ2v) is 5.05. The van der Waals surface area contributed by atoms with Gasteiger partial charge in [-0.05, 0) is 44.6 Å². The van der Waals surface area contributed by atoms with Gasteiger partial charge in [0.05, 0.1) is 7.11 Å². The van der Waals surface area contributed by atoms with Crippen molar-refractivity contribution in [2.45, 2.75) is 25.8 Å². The number of hydrogen-bond donors (Lipinski definition) is 1. The Morgan fingerprint density at radius 1 is 1.44 bits per heavy atom. The minimum absolute atomic E-state index is 0.374. The van der Waals surface area contributed by atoms with Crippen LogP contribution < -0.4 is 10.1 Å². The normalized spacial score (nSPS) is 21.6. The molecule has 1 aromatic rings. The Balaban J connectivity index is 2.28. The fraction of sp³-hybridized carbons (Fsp3) is 0.600. The zero-order valence-electron chi connectivity index (χ0n) is 11.7. The van der Waals surface area contributed by atoms with E-state index in [0.29, 0.717) is 6.04 Å². The van der Waals surface area contributed by atoms with Gasteiger partial charge in [0.2, 0.25) is 0 Å². The van der Waals surface area contributed by atoms with Gasteiger partial charge < -0.3 is 15.0 Å². The van der Waals surface area contributed by atoms with Crippen LogP contribution in [0.5, 0.6) is 5.75 Å². The minimum Gasteiger partial charge on any atom is -0.496 e. The molecule has 0 radical (unpaired) electrons. The molecule has 0 saturated carbocycles. The van der Waals surface area contributed by atoms with Gasteiger partial charge in [-0.3, -0.25) is 0 Å². The molecule has 0 amide bonds. The van der Waals surface area contributed by atoms with Crippen molar-refractivity contribution in [1.82, 2.24) is 10.2 Å². The van der Waals surface area contributed by atoms with Gasteiger partial charge in [0.15, 0.2) is 0 Å². The molecule has 1 saturated heterocycles. The van der Waals surface area contributed by atoms with Gasteiger partial charge in [0.1, 0.15) is 5.75 Å². The molecule has 1 aromatic carbocycles. The number of hydrogen-bond acceptors (Lipinski definition) is 3. The molecule has 1 aliphatic rings. The van der Waals surface area contributed by atoms with Crippen LogP contribution in [0.2, 0.25) is 0 Å². The summed E-state index contributed by atoms with van der Waals surface area (Å²) >= 11 is 0. The van der Waals surface area contributed by atoms with Crippen molar-refractivity contribution in [1.29, 1.82) is 0 Å². The minimum atomic E-state index is 0.374. The monoisotopic (exact) mass is 248 g/mol. The lowest BCUT2D eigenvalue weighted by molar-refractivity contribution is 0.320. The highest BCUT2D eigenvalue weighted by molar-refractivity contribution is 5.40. The predicted molar refractivity (Wildman–Crippen MR) is 75.2 cm³/mol. The molecule has 100 valence electrons. The highest BCUT2D eigenvalue weighted by Crippen LogP contribution is 2.28. The Kier molecular flexibility index (Phi) is 4.61. The number of nitrogens with zero attached hydrogens (tertiary/aromatic N) is 1. The second kappa shape index (κ2) is 6.21. The average molecular weight is 248 g/mol. The highest BCUT2D eigenvalue weighted by Gasteiger charge is 2.20. The lowest BCUT2D eigenvalue weighted by atomic mass is 10.0. The molecule has 0 aliphatic carbocycles. The van der Waals surface area contributed by atoms with Crippen molar-refractivity contribution < 1.29 is 4.74 Å². The Morgan fingerprint density at radius 3 is 3.00 bits per heavy atom. The summed E-state index contributed by atoms with van der Waals surface area (Å²) in [4.78, 5) is 2.39. The van der Waals surface area contributed by atoms with Gasteiger partial charge in [0.25, 0.3) is 0 Å². The summed E-state index contributed by atoms with van der Waals surface area (Å²) in [5.41, 5.74) is 2.67. The molecule has 1 heterocycles. The van der Waals surface area contributed by atoms with Crippen LogP contribution in [-0.4, -0.2) is 38.7 Å². The fourth-order valence-corrected chi connectivity index (χ4v) is 2.58. The molecule has 1 aliphatic heterocycles.